The molecule has 17 heavy (non-hydrogen) atoms. The Kier molecular flexibility index (Phi) is 3.54. The Morgan fingerprint density at radius 1 is 1.47 bits per heavy atom. The topological polar surface area (TPSA) is 38.9 Å². The largest absolute Gasteiger partial charge is 0.322 e. The van der Waals surface area contributed by atoms with Crippen molar-refractivity contribution in [1.82, 2.24) is 4.98 Å². The SMILES string of the molecule is CCC(N)c1nc(-c2ccc(C)c(F)c2)cs1. The first-order valence-corrected chi connectivity index (χ1v) is 6.47. The standard InChI is InChI=1S/C13H15FN2S/c1-3-11(15)13-16-12(7-17-13)9-5-4-8(2)10(14)6-9/h4-7,11H,3,15H2,1-2H3. The van der Waals surface area contributed by atoms with Gasteiger partial charge in [-0.1, -0.05) is 19.1 Å². The van der Waals surface area contributed by atoms with Crippen molar-refractivity contribution in [2.24, 2.45) is 5.73 Å². The number of benzene rings is 1. The number of aromatic nitrogens is 1. The summed E-state index contributed by atoms with van der Waals surface area (Å²) in [6, 6.07) is 5.15. The van der Waals surface area contributed by atoms with Gasteiger partial charge in [0.05, 0.1) is 11.7 Å². The molecule has 0 radical (unpaired) electrons. The van der Waals surface area contributed by atoms with Crippen LogP contribution in [0.25, 0.3) is 11.3 Å². The molecule has 1 aromatic carbocycles. The van der Waals surface area contributed by atoms with Crippen LogP contribution in [0, 0.1) is 12.7 Å². The van der Waals surface area contributed by atoms with Crippen molar-refractivity contribution in [1.29, 1.82) is 0 Å². The van der Waals surface area contributed by atoms with Crippen molar-refractivity contribution in [3.63, 3.8) is 0 Å². The second kappa shape index (κ2) is 4.94. The summed E-state index contributed by atoms with van der Waals surface area (Å²) in [6.07, 6.45) is 0.856. The van der Waals surface area contributed by atoms with E-state index in [1.165, 1.54) is 17.4 Å². The Hall–Kier alpha value is -1.26. The van der Waals surface area contributed by atoms with E-state index in [9.17, 15) is 4.39 Å². The number of rotatable bonds is 3. The van der Waals surface area contributed by atoms with Crippen LogP contribution in [0.1, 0.15) is 30.0 Å². The lowest BCUT2D eigenvalue weighted by Crippen LogP contribution is -2.07. The number of hydrogen-bond donors (Lipinski definition) is 1. The Labute approximate surface area is 104 Å². The molecule has 1 aromatic heterocycles. The summed E-state index contributed by atoms with van der Waals surface area (Å²) in [5.74, 6) is -0.197. The molecule has 2 aromatic rings. The second-order valence-electron chi connectivity index (χ2n) is 4.05. The van der Waals surface area contributed by atoms with Gasteiger partial charge in [-0.15, -0.1) is 11.3 Å². The van der Waals surface area contributed by atoms with Crippen LogP contribution in [-0.4, -0.2) is 4.98 Å². The van der Waals surface area contributed by atoms with Crippen LogP contribution in [-0.2, 0) is 0 Å². The molecule has 2 N–H and O–H groups in total. The summed E-state index contributed by atoms with van der Waals surface area (Å²) in [5, 5.41) is 2.83. The lowest BCUT2D eigenvalue weighted by molar-refractivity contribution is 0.619. The van der Waals surface area contributed by atoms with E-state index in [-0.39, 0.29) is 11.9 Å². The van der Waals surface area contributed by atoms with Gasteiger partial charge in [-0.05, 0) is 25.0 Å². The molecular formula is C13H15FN2S. The third-order valence-corrected chi connectivity index (χ3v) is 3.72. The maximum absolute atomic E-state index is 13.4. The minimum atomic E-state index is -0.197. The molecule has 2 rings (SSSR count). The molecule has 0 aliphatic heterocycles. The minimum Gasteiger partial charge on any atom is -0.322 e. The lowest BCUT2D eigenvalue weighted by atomic mass is 10.1. The summed E-state index contributed by atoms with van der Waals surface area (Å²) in [6.45, 7) is 3.77. The summed E-state index contributed by atoms with van der Waals surface area (Å²) >= 11 is 1.53. The summed E-state index contributed by atoms with van der Waals surface area (Å²) in [7, 11) is 0. The first-order valence-electron chi connectivity index (χ1n) is 5.59. The van der Waals surface area contributed by atoms with E-state index in [1.807, 2.05) is 18.4 Å². The van der Waals surface area contributed by atoms with Crippen molar-refractivity contribution < 1.29 is 4.39 Å². The summed E-state index contributed by atoms with van der Waals surface area (Å²) in [4.78, 5) is 4.45. The van der Waals surface area contributed by atoms with E-state index in [2.05, 4.69) is 4.98 Å². The highest BCUT2D eigenvalue weighted by atomic mass is 32.1. The van der Waals surface area contributed by atoms with E-state index in [0.29, 0.717) is 5.56 Å². The van der Waals surface area contributed by atoms with Gasteiger partial charge in [0.15, 0.2) is 0 Å². The fourth-order valence-electron chi connectivity index (χ4n) is 1.52. The van der Waals surface area contributed by atoms with Gasteiger partial charge in [-0.2, -0.15) is 0 Å². The first kappa shape index (κ1) is 12.2. The number of nitrogens with zero attached hydrogens (tertiary/aromatic N) is 1. The Balaban J connectivity index is 2.33. The number of nitrogens with two attached hydrogens (primary N) is 1. The van der Waals surface area contributed by atoms with Gasteiger partial charge in [0.1, 0.15) is 10.8 Å². The predicted octanol–water partition coefficient (Wildman–Crippen LogP) is 3.67. The zero-order valence-corrected chi connectivity index (χ0v) is 10.7. The van der Waals surface area contributed by atoms with Gasteiger partial charge >= 0.3 is 0 Å². The highest BCUT2D eigenvalue weighted by molar-refractivity contribution is 7.10. The number of hydrogen-bond acceptors (Lipinski definition) is 3. The lowest BCUT2D eigenvalue weighted by Gasteiger charge is -2.03. The van der Waals surface area contributed by atoms with E-state index >= 15 is 0 Å². The number of aryl methyl sites for hydroxylation is 1. The Morgan fingerprint density at radius 2 is 2.24 bits per heavy atom. The summed E-state index contributed by atoms with van der Waals surface area (Å²) in [5.41, 5.74) is 8.16. The molecule has 0 spiro atoms. The van der Waals surface area contributed by atoms with Crippen LogP contribution in [0.2, 0.25) is 0 Å². The highest BCUT2D eigenvalue weighted by Crippen LogP contribution is 2.26. The molecule has 0 aliphatic carbocycles. The molecule has 0 saturated carbocycles. The fourth-order valence-corrected chi connectivity index (χ4v) is 2.43. The predicted molar refractivity (Wildman–Crippen MR) is 69.5 cm³/mol. The molecule has 4 heteroatoms. The Bertz CT molecular complexity index is 522. The van der Waals surface area contributed by atoms with Crippen LogP contribution in [0.4, 0.5) is 4.39 Å². The third-order valence-electron chi connectivity index (χ3n) is 2.75. The highest BCUT2D eigenvalue weighted by Gasteiger charge is 2.10. The normalized spacial score (nSPS) is 12.7. The molecule has 0 saturated heterocycles. The van der Waals surface area contributed by atoms with Crippen molar-refractivity contribution in [2.75, 3.05) is 0 Å². The maximum atomic E-state index is 13.4. The molecular weight excluding hydrogens is 235 g/mol. The molecule has 90 valence electrons. The minimum absolute atomic E-state index is 0.0240. The van der Waals surface area contributed by atoms with Crippen LogP contribution in [0.3, 0.4) is 0 Å². The molecule has 1 heterocycles. The fraction of sp³-hybridized carbons (Fsp3) is 0.308. The third kappa shape index (κ3) is 2.53. The molecule has 1 unspecified atom stereocenters. The monoisotopic (exact) mass is 250 g/mol. The van der Waals surface area contributed by atoms with E-state index in [1.54, 1.807) is 13.0 Å². The van der Waals surface area contributed by atoms with Crippen LogP contribution >= 0.6 is 11.3 Å². The van der Waals surface area contributed by atoms with Gasteiger partial charge in [-0.25, -0.2) is 9.37 Å². The van der Waals surface area contributed by atoms with Crippen LogP contribution in [0.5, 0.6) is 0 Å². The van der Waals surface area contributed by atoms with Gasteiger partial charge < -0.3 is 5.73 Å². The van der Waals surface area contributed by atoms with Gasteiger partial charge in [-0.3, -0.25) is 0 Å². The maximum Gasteiger partial charge on any atom is 0.126 e. The second-order valence-corrected chi connectivity index (χ2v) is 4.94. The number of thiazole rings is 1. The van der Waals surface area contributed by atoms with Crippen molar-refractivity contribution in [2.45, 2.75) is 26.3 Å². The zero-order chi connectivity index (χ0) is 12.4. The van der Waals surface area contributed by atoms with Gasteiger partial charge in [0, 0.05) is 10.9 Å². The van der Waals surface area contributed by atoms with E-state index < -0.39 is 0 Å². The molecule has 0 aliphatic rings. The molecule has 1 atom stereocenters. The smallest absolute Gasteiger partial charge is 0.126 e. The van der Waals surface area contributed by atoms with E-state index in [4.69, 9.17) is 5.73 Å². The van der Waals surface area contributed by atoms with Gasteiger partial charge in [0.2, 0.25) is 0 Å². The quantitative estimate of drug-likeness (QED) is 0.902. The zero-order valence-electron chi connectivity index (χ0n) is 9.90. The van der Waals surface area contributed by atoms with Crippen LogP contribution in [0.15, 0.2) is 23.6 Å². The van der Waals surface area contributed by atoms with Crippen molar-refractivity contribution in [3.05, 3.63) is 40.0 Å². The average Bonchev–Trinajstić information content (AvgIpc) is 2.81. The van der Waals surface area contributed by atoms with Gasteiger partial charge in [0.25, 0.3) is 0 Å². The van der Waals surface area contributed by atoms with Crippen LogP contribution < -0.4 is 5.73 Å². The summed E-state index contributed by atoms with van der Waals surface area (Å²) < 4.78 is 13.4. The van der Waals surface area contributed by atoms with E-state index in [0.717, 1.165) is 22.7 Å². The molecule has 0 bridgehead atoms. The average molecular weight is 250 g/mol. The first-order chi connectivity index (χ1) is 8.11. The molecule has 0 fully saturated rings. The number of halogens is 1. The van der Waals surface area contributed by atoms with Crippen molar-refractivity contribution >= 4 is 11.3 Å². The van der Waals surface area contributed by atoms with Crippen molar-refractivity contribution in [3.8, 4) is 11.3 Å². The molecule has 0 amide bonds. The molecule has 2 nitrogen and oxygen atoms in total. The Morgan fingerprint density at radius 3 is 2.88 bits per heavy atom.